The van der Waals surface area contributed by atoms with Crippen LogP contribution in [0.4, 0.5) is 0 Å². The molecule has 2 N–H and O–H groups in total. The van der Waals surface area contributed by atoms with Gasteiger partial charge in [0, 0.05) is 21.6 Å². The Hall–Kier alpha value is -1.65. The van der Waals surface area contributed by atoms with Crippen molar-refractivity contribution in [3.63, 3.8) is 0 Å². The summed E-state index contributed by atoms with van der Waals surface area (Å²) in [6, 6.07) is 15.1. The standard InChI is InChI=1S/C15H14ClNO2S/c16-13-6-3-5-11(8-13)14-7-2-1-4-12(14)9-20(19)10-15(17)18/h1-8H,9-10H2,(H2,17,18)/t20-/m0/s1. The fraction of sp³-hybridized carbons (Fsp3) is 0.133. The highest BCUT2D eigenvalue weighted by atomic mass is 35.5. The van der Waals surface area contributed by atoms with Gasteiger partial charge in [-0.15, -0.1) is 0 Å². The highest BCUT2D eigenvalue weighted by molar-refractivity contribution is 7.84. The lowest BCUT2D eigenvalue weighted by molar-refractivity contribution is -0.115. The van der Waals surface area contributed by atoms with Crippen LogP contribution in [0.2, 0.25) is 5.02 Å². The largest absolute Gasteiger partial charge is 0.369 e. The molecule has 0 unspecified atom stereocenters. The van der Waals surface area contributed by atoms with Crippen LogP contribution in [0.1, 0.15) is 5.56 Å². The van der Waals surface area contributed by atoms with Crippen LogP contribution in [-0.2, 0) is 21.3 Å². The number of hydrogen-bond donors (Lipinski definition) is 1. The zero-order valence-corrected chi connectivity index (χ0v) is 12.3. The maximum atomic E-state index is 11.9. The molecule has 3 nitrogen and oxygen atoms in total. The minimum absolute atomic E-state index is 0.121. The number of halogens is 1. The van der Waals surface area contributed by atoms with Crippen LogP contribution in [0.15, 0.2) is 48.5 Å². The van der Waals surface area contributed by atoms with Crippen LogP contribution >= 0.6 is 11.6 Å². The second-order valence-electron chi connectivity index (χ2n) is 4.36. The van der Waals surface area contributed by atoms with E-state index in [4.69, 9.17) is 17.3 Å². The SMILES string of the molecule is NC(=O)C[S@@](=O)Cc1ccccc1-c1cccc(Cl)c1. The summed E-state index contributed by atoms with van der Waals surface area (Å²) in [4.78, 5) is 10.8. The number of rotatable bonds is 5. The quantitative estimate of drug-likeness (QED) is 0.923. The smallest absolute Gasteiger partial charge is 0.230 e. The van der Waals surface area contributed by atoms with E-state index in [9.17, 15) is 9.00 Å². The van der Waals surface area contributed by atoms with Crippen molar-refractivity contribution in [1.82, 2.24) is 0 Å². The van der Waals surface area contributed by atoms with E-state index in [0.717, 1.165) is 16.7 Å². The number of nitrogens with two attached hydrogens (primary N) is 1. The predicted molar refractivity (Wildman–Crippen MR) is 82.8 cm³/mol. The summed E-state index contributed by atoms with van der Waals surface area (Å²) < 4.78 is 11.9. The van der Waals surface area contributed by atoms with Crippen LogP contribution in [0.3, 0.4) is 0 Å². The molecule has 5 heteroatoms. The Kier molecular flexibility index (Phi) is 4.93. The molecule has 0 saturated carbocycles. The van der Waals surface area contributed by atoms with Crippen molar-refractivity contribution in [2.45, 2.75) is 5.75 Å². The highest BCUT2D eigenvalue weighted by Crippen LogP contribution is 2.26. The summed E-state index contributed by atoms with van der Waals surface area (Å²) in [5, 5.41) is 0.649. The first-order chi connectivity index (χ1) is 9.56. The Balaban J connectivity index is 2.31. The van der Waals surface area contributed by atoms with Crippen molar-refractivity contribution in [3.8, 4) is 11.1 Å². The zero-order valence-electron chi connectivity index (χ0n) is 10.7. The summed E-state index contributed by atoms with van der Waals surface area (Å²) >= 11 is 6.00. The van der Waals surface area contributed by atoms with Gasteiger partial charge in [0.2, 0.25) is 5.91 Å². The lowest BCUT2D eigenvalue weighted by Gasteiger charge is -2.09. The highest BCUT2D eigenvalue weighted by Gasteiger charge is 2.10. The lowest BCUT2D eigenvalue weighted by Crippen LogP contribution is -2.20. The van der Waals surface area contributed by atoms with Crippen LogP contribution in [0.5, 0.6) is 0 Å². The molecule has 2 aromatic carbocycles. The number of carbonyl (C=O) groups is 1. The Morgan fingerprint density at radius 1 is 1.15 bits per heavy atom. The topological polar surface area (TPSA) is 60.2 Å². The molecule has 0 aliphatic heterocycles. The van der Waals surface area contributed by atoms with Crippen molar-refractivity contribution >= 4 is 28.3 Å². The van der Waals surface area contributed by atoms with Crippen LogP contribution < -0.4 is 5.73 Å². The maximum absolute atomic E-state index is 11.9. The number of hydrogen-bond acceptors (Lipinski definition) is 2. The second-order valence-corrected chi connectivity index (χ2v) is 6.26. The van der Waals surface area contributed by atoms with Crippen LogP contribution in [0, 0.1) is 0 Å². The van der Waals surface area contributed by atoms with Crippen molar-refractivity contribution in [2.24, 2.45) is 5.73 Å². The van der Waals surface area contributed by atoms with E-state index in [0.29, 0.717) is 10.8 Å². The van der Waals surface area contributed by atoms with E-state index in [1.807, 2.05) is 42.5 Å². The number of amides is 1. The van der Waals surface area contributed by atoms with Gasteiger partial charge in [0.1, 0.15) is 5.75 Å². The van der Waals surface area contributed by atoms with Gasteiger partial charge in [0.05, 0.1) is 0 Å². The first-order valence-electron chi connectivity index (χ1n) is 6.03. The molecule has 104 valence electrons. The number of benzene rings is 2. The van der Waals surface area contributed by atoms with E-state index in [1.54, 1.807) is 6.07 Å². The van der Waals surface area contributed by atoms with Crippen molar-refractivity contribution in [3.05, 3.63) is 59.1 Å². The number of carbonyl (C=O) groups excluding carboxylic acids is 1. The van der Waals surface area contributed by atoms with Gasteiger partial charge >= 0.3 is 0 Å². The van der Waals surface area contributed by atoms with E-state index >= 15 is 0 Å². The average Bonchev–Trinajstić information content (AvgIpc) is 2.38. The molecule has 2 aromatic rings. The normalized spacial score (nSPS) is 12.1. The van der Waals surface area contributed by atoms with Gasteiger partial charge in [-0.05, 0) is 28.8 Å². The molecule has 0 aromatic heterocycles. The van der Waals surface area contributed by atoms with Gasteiger partial charge in [-0.25, -0.2) is 0 Å². The number of primary amides is 1. The Bertz CT molecular complexity index is 658. The lowest BCUT2D eigenvalue weighted by atomic mass is 10.0. The third-order valence-corrected chi connectivity index (χ3v) is 4.25. The summed E-state index contributed by atoms with van der Waals surface area (Å²) in [7, 11) is -1.30. The van der Waals surface area contributed by atoms with Crippen molar-refractivity contribution < 1.29 is 9.00 Å². The van der Waals surface area contributed by atoms with E-state index < -0.39 is 16.7 Å². The molecule has 0 spiro atoms. The van der Waals surface area contributed by atoms with E-state index in [2.05, 4.69) is 0 Å². The summed E-state index contributed by atoms with van der Waals surface area (Å²) in [6.45, 7) is 0. The molecular weight excluding hydrogens is 294 g/mol. The molecule has 0 fully saturated rings. The summed E-state index contributed by atoms with van der Waals surface area (Å²) in [6.07, 6.45) is 0. The first kappa shape index (κ1) is 14.8. The molecule has 20 heavy (non-hydrogen) atoms. The van der Waals surface area contributed by atoms with Crippen molar-refractivity contribution in [2.75, 3.05) is 5.75 Å². The zero-order chi connectivity index (χ0) is 14.5. The Morgan fingerprint density at radius 3 is 2.60 bits per heavy atom. The van der Waals surface area contributed by atoms with Crippen molar-refractivity contribution in [1.29, 1.82) is 0 Å². The fourth-order valence-corrected chi connectivity index (χ4v) is 3.18. The van der Waals surface area contributed by atoms with Gasteiger partial charge in [0.15, 0.2) is 0 Å². The van der Waals surface area contributed by atoms with Gasteiger partial charge in [-0.3, -0.25) is 9.00 Å². The molecule has 0 heterocycles. The fourth-order valence-electron chi connectivity index (χ4n) is 1.97. The monoisotopic (exact) mass is 307 g/mol. The molecule has 0 bridgehead atoms. The molecule has 0 aliphatic carbocycles. The molecule has 0 saturated heterocycles. The second kappa shape index (κ2) is 6.68. The molecule has 0 radical (unpaired) electrons. The third kappa shape index (κ3) is 3.92. The average molecular weight is 308 g/mol. The van der Waals surface area contributed by atoms with Gasteiger partial charge in [0.25, 0.3) is 0 Å². The molecular formula is C15H14ClNO2S. The van der Waals surface area contributed by atoms with E-state index in [1.165, 1.54) is 0 Å². The maximum Gasteiger partial charge on any atom is 0.230 e. The summed E-state index contributed by atoms with van der Waals surface area (Å²) in [5.41, 5.74) is 7.91. The van der Waals surface area contributed by atoms with Crippen LogP contribution in [0.25, 0.3) is 11.1 Å². The van der Waals surface area contributed by atoms with Gasteiger partial charge in [-0.1, -0.05) is 48.0 Å². The molecule has 1 amide bonds. The first-order valence-corrected chi connectivity index (χ1v) is 7.90. The Morgan fingerprint density at radius 2 is 1.90 bits per heavy atom. The van der Waals surface area contributed by atoms with Gasteiger partial charge < -0.3 is 5.73 Å². The molecule has 1 atom stereocenters. The van der Waals surface area contributed by atoms with Gasteiger partial charge in [-0.2, -0.15) is 0 Å². The summed E-state index contributed by atoms with van der Waals surface area (Å²) in [5.74, 6) is -0.376. The van der Waals surface area contributed by atoms with E-state index in [-0.39, 0.29) is 5.75 Å². The van der Waals surface area contributed by atoms with Crippen LogP contribution in [-0.4, -0.2) is 15.9 Å². The minimum atomic E-state index is -1.30. The predicted octanol–water partition coefficient (Wildman–Crippen LogP) is 2.74. The third-order valence-electron chi connectivity index (χ3n) is 2.77. The molecule has 0 aliphatic rings. The Labute approximate surface area is 125 Å². The minimum Gasteiger partial charge on any atom is -0.369 e. The molecule has 2 rings (SSSR count).